The molecule has 4 unspecified atom stereocenters. The van der Waals surface area contributed by atoms with E-state index in [1.54, 1.807) is 0 Å². The third-order valence-corrected chi connectivity index (χ3v) is 4.48. The van der Waals surface area contributed by atoms with Gasteiger partial charge in [0.1, 0.15) is 0 Å². The van der Waals surface area contributed by atoms with E-state index in [4.69, 9.17) is 9.47 Å². The summed E-state index contributed by atoms with van der Waals surface area (Å²) in [7, 11) is 0. The lowest BCUT2D eigenvalue weighted by Crippen LogP contribution is -2.43. The fraction of sp³-hybridized carbons (Fsp3) is 1.00. The van der Waals surface area contributed by atoms with Crippen LogP contribution in [0.5, 0.6) is 0 Å². The van der Waals surface area contributed by atoms with Crippen LogP contribution in [-0.4, -0.2) is 38.0 Å². The first-order valence-electron chi connectivity index (χ1n) is 7.67. The molecule has 0 amide bonds. The maximum atomic E-state index is 5.82. The maximum absolute atomic E-state index is 5.82. The molecule has 2 heterocycles. The number of hydrogen-bond acceptors (Lipinski definition) is 3. The minimum absolute atomic E-state index is 0.443. The van der Waals surface area contributed by atoms with Gasteiger partial charge < -0.3 is 14.8 Å². The van der Waals surface area contributed by atoms with Crippen molar-refractivity contribution in [1.82, 2.24) is 5.32 Å². The topological polar surface area (TPSA) is 30.5 Å². The van der Waals surface area contributed by atoms with Crippen molar-refractivity contribution in [2.75, 3.05) is 19.8 Å². The molecule has 4 atom stereocenters. The van der Waals surface area contributed by atoms with Crippen LogP contribution < -0.4 is 5.32 Å². The number of hydrogen-bond donors (Lipinski definition) is 1. The van der Waals surface area contributed by atoms with E-state index in [1.807, 2.05) is 0 Å². The van der Waals surface area contributed by atoms with Gasteiger partial charge in [0.05, 0.1) is 12.2 Å². The molecule has 18 heavy (non-hydrogen) atoms. The minimum Gasteiger partial charge on any atom is -0.378 e. The van der Waals surface area contributed by atoms with E-state index in [9.17, 15) is 0 Å². The minimum atomic E-state index is 0.443. The van der Waals surface area contributed by atoms with Gasteiger partial charge in [-0.2, -0.15) is 0 Å². The molecule has 0 spiro atoms. The molecule has 1 N–H and O–H groups in total. The molecule has 3 nitrogen and oxygen atoms in total. The predicted molar refractivity (Wildman–Crippen MR) is 73.7 cm³/mol. The van der Waals surface area contributed by atoms with Crippen molar-refractivity contribution >= 4 is 0 Å². The van der Waals surface area contributed by atoms with Crippen LogP contribution in [0.15, 0.2) is 0 Å². The molecule has 0 aliphatic carbocycles. The average Bonchev–Trinajstić information content (AvgIpc) is 2.84. The van der Waals surface area contributed by atoms with E-state index in [-0.39, 0.29) is 0 Å². The zero-order valence-corrected chi connectivity index (χ0v) is 12.2. The highest BCUT2D eigenvalue weighted by Gasteiger charge is 2.29. The fourth-order valence-corrected chi connectivity index (χ4v) is 3.17. The van der Waals surface area contributed by atoms with Gasteiger partial charge in [-0.1, -0.05) is 20.8 Å². The van der Waals surface area contributed by atoms with Crippen molar-refractivity contribution in [3.8, 4) is 0 Å². The van der Waals surface area contributed by atoms with Crippen LogP contribution in [0.25, 0.3) is 0 Å². The fourth-order valence-electron chi connectivity index (χ4n) is 3.17. The Kier molecular flexibility index (Phi) is 5.46. The lowest BCUT2D eigenvalue weighted by atomic mass is 9.94. The molecule has 0 bridgehead atoms. The molecule has 2 saturated heterocycles. The highest BCUT2D eigenvalue weighted by Crippen LogP contribution is 2.24. The third kappa shape index (κ3) is 3.69. The Morgan fingerprint density at radius 2 is 1.94 bits per heavy atom. The molecule has 0 saturated carbocycles. The van der Waals surface area contributed by atoms with Crippen LogP contribution in [0.3, 0.4) is 0 Å². The van der Waals surface area contributed by atoms with Gasteiger partial charge in [-0.3, -0.25) is 0 Å². The summed E-state index contributed by atoms with van der Waals surface area (Å²) in [5.41, 5.74) is 0. The van der Waals surface area contributed by atoms with Gasteiger partial charge in [-0.25, -0.2) is 0 Å². The average molecular weight is 255 g/mol. The summed E-state index contributed by atoms with van der Waals surface area (Å²) in [4.78, 5) is 0. The summed E-state index contributed by atoms with van der Waals surface area (Å²) >= 11 is 0. The van der Waals surface area contributed by atoms with Gasteiger partial charge in [0.25, 0.3) is 0 Å². The van der Waals surface area contributed by atoms with E-state index < -0.39 is 0 Å². The smallest absolute Gasteiger partial charge is 0.0613 e. The summed E-state index contributed by atoms with van der Waals surface area (Å²) < 4.78 is 11.6. The summed E-state index contributed by atoms with van der Waals surface area (Å²) in [6.45, 7) is 9.72. The molecule has 0 aromatic carbocycles. The molecule has 2 aliphatic rings. The molecule has 2 aliphatic heterocycles. The highest BCUT2D eigenvalue weighted by atomic mass is 16.5. The Morgan fingerprint density at radius 3 is 2.67 bits per heavy atom. The maximum Gasteiger partial charge on any atom is 0.0613 e. The standard InChI is InChI=1S/C15H29NO2/c1-4-14-12(5-7-17-14)10-16-13-6-8-18-15(9-13)11(2)3/h11-16H,4-10H2,1-3H3. The van der Waals surface area contributed by atoms with Crippen molar-refractivity contribution in [2.45, 2.75) is 64.7 Å². The van der Waals surface area contributed by atoms with Crippen molar-refractivity contribution in [3.05, 3.63) is 0 Å². The summed E-state index contributed by atoms with van der Waals surface area (Å²) in [6.07, 6.45) is 5.63. The summed E-state index contributed by atoms with van der Waals surface area (Å²) in [5.74, 6) is 1.35. The predicted octanol–water partition coefficient (Wildman–Crippen LogP) is 2.59. The van der Waals surface area contributed by atoms with E-state index in [0.29, 0.717) is 24.2 Å². The second-order valence-corrected chi connectivity index (χ2v) is 6.15. The van der Waals surface area contributed by atoms with Crippen LogP contribution in [0.4, 0.5) is 0 Å². The molecule has 0 aromatic heterocycles. The summed E-state index contributed by atoms with van der Waals surface area (Å²) in [5, 5.41) is 3.75. The van der Waals surface area contributed by atoms with Gasteiger partial charge in [0, 0.05) is 25.8 Å². The van der Waals surface area contributed by atoms with Crippen molar-refractivity contribution in [2.24, 2.45) is 11.8 Å². The van der Waals surface area contributed by atoms with Gasteiger partial charge >= 0.3 is 0 Å². The van der Waals surface area contributed by atoms with E-state index in [1.165, 1.54) is 12.8 Å². The molecule has 0 aromatic rings. The van der Waals surface area contributed by atoms with E-state index in [0.717, 1.165) is 38.5 Å². The largest absolute Gasteiger partial charge is 0.378 e. The van der Waals surface area contributed by atoms with Gasteiger partial charge in [-0.15, -0.1) is 0 Å². The Bertz CT molecular complexity index is 245. The first-order valence-corrected chi connectivity index (χ1v) is 7.67. The quantitative estimate of drug-likeness (QED) is 0.819. The number of rotatable bonds is 5. The van der Waals surface area contributed by atoms with E-state index in [2.05, 4.69) is 26.1 Å². The van der Waals surface area contributed by atoms with Crippen LogP contribution in [0, 0.1) is 11.8 Å². The second-order valence-electron chi connectivity index (χ2n) is 6.15. The molecular formula is C15H29NO2. The first kappa shape index (κ1) is 14.3. The van der Waals surface area contributed by atoms with Crippen molar-refractivity contribution in [3.63, 3.8) is 0 Å². The lowest BCUT2D eigenvalue weighted by Gasteiger charge is -2.33. The van der Waals surface area contributed by atoms with Crippen molar-refractivity contribution in [1.29, 1.82) is 0 Å². The zero-order valence-electron chi connectivity index (χ0n) is 12.2. The molecule has 0 radical (unpaired) electrons. The molecule has 106 valence electrons. The molecular weight excluding hydrogens is 226 g/mol. The normalized spacial score (nSPS) is 37.3. The third-order valence-electron chi connectivity index (χ3n) is 4.48. The molecule has 2 fully saturated rings. The lowest BCUT2D eigenvalue weighted by molar-refractivity contribution is -0.0252. The Labute approximate surface area is 112 Å². The number of nitrogens with one attached hydrogen (secondary N) is 1. The summed E-state index contributed by atoms with van der Waals surface area (Å²) in [6, 6.07) is 0.643. The van der Waals surface area contributed by atoms with Gasteiger partial charge in [0.2, 0.25) is 0 Å². The molecule has 2 rings (SSSR count). The zero-order chi connectivity index (χ0) is 13.0. The first-order chi connectivity index (χ1) is 8.70. The van der Waals surface area contributed by atoms with Crippen LogP contribution in [0.2, 0.25) is 0 Å². The Balaban J connectivity index is 1.72. The Hall–Kier alpha value is -0.120. The van der Waals surface area contributed by atoms with Crippen LogP contribution in [-0.2, 0) is 9.47 Å². The van der Waals surface area contributed by atoms with Gasteiger partial charge in [0.15, 0.2) is 0 Å². The van der Waals surface area contributed by atoms with Gasteiger partial charge in [-0.05, 0) is 37.5 Å². The molecule has 3 heteroatoms. The monoisotopic (exact) mass is 255 g/mol. The van der Waals surface area contributed by atoms with Crippen LogP contribution >= 0.6 is 0 Å². The Morgan fingerprint density at radius 1 is 1.17 bits per heavy atom. The highest BCUT2D eigenvalue weighted by molar-refractivity contribution is 4.82. The van der Waals surface area contributed by atoms with E-state index >= 15 is 0 Å². The van der Waals surface area contributed by atoms with Crippen molar-refractivity contribution < 1.29 is 9.47 Å². The SMILES string of the molecule is CCC1OCCC1CNC1CCOC(C(C)C)C1. The van der Waals surface area contributed by atoms with Crippen LogP contribution in [0.1, 0.15) is 46.5 Å². The second kappa shape index (κ2) is 6.88. The number of ether oxygens (including phenoxy) is 2.